The topological polar surface area (TPSA) is 54.4 Å². The summed E-state index contributed by atoms with van der Waals surface area (Å²) in [6, 6.07) is 9.19. The Morgan fingerprint density at radius 1 is 1.38 bits per heavy atom. The minimum Gasteiger partial charge on any atom is -0.481 e. The molecule has 84 valence electrons. The quantitative estimate of drug-likeness (QED) is 0.645. The van der Waals surface area contributed by atoms with E-state index in [0.717, 1.165) is 5.30 Å². The lowest BCUT2D eigenvalue weighted by Crippen LogP contribution is -2.17. The van der Waals surface area contributed by atoms with Gasteiger partial charge in [0.2, 0.25) is 0 Å². The number of carboxylic acid groups (broad SMARTS) is 1. The molecule has 1 aromatic rings. The van der Waals surface area contributed by atoms with Gasteiger partial charge >= 0.3 is 5.97 Å². The Hall–Kier alpha value is -1.34. The van der Waals surface area contributed by atoms with E-state index in [4.69, 9.17) is 5.11 Å². The molecule has 3 nitrogen and oxygen atoms in total. The molecular weight excluding hydrogens is 223 g/mol. The maximum atomic E-state index is 12.8. The van der Waals surface area contributed by atoms with E-state index in [1.165, 1.54) is 0 Å². The number of carboxylic acids is 1. The second-order valence-corrected chi connectivity index (χ2v) is 7.04. The van der Waals surface area contributed by atoms with Gasteiger partial charge in [-0.25, -0.2) is 0 Å². The second kappa shape index (κ2) is 4.26. The van der Waals surface area contributed by atoms with E-state index in [1.54, 1.807) is 6.08 Å². The maximum Gasteiger partial charge on any atom is 0.304 e. The van der Waals surface area contributed by atoms with Crippen LogP contribution in [-0.2, 0) is 9.36 Å². The van der Waals surface area contributed by atoms with Crippen LogP contribution in [0.25, 0.3) is 0 Å². The Morgan fingerprint density at radius 3 is 2.69 bits per heavy atom. The van der Waals surface area contributed by atoms with Crippen LogP contribution in [0, 0.1) is 0 Å². The Kier molecular flexibility index (Phi) is 2.97. The molecule has 0 aromatic heterocycles. The summed E-state index contributed by atoms with van der Waals surface area (Å²) in [7, 11) is -2.58. The average molecular weight is 236 g/mol. The van der Waals surface area contributed by atoms with Crippen LogP contribution in [-0.4, -0.2) is 22.9 Å². The van der Waals surface area contributed by atoms with Gasteiger partial charge in [-0.2, -0.15) is 0 Å². The maximum absolute atomic E-state index is 12.8. The lowest BCUT2D eigenvalue weighted by atomic mass is 10.3. The van der Waals surface area contributed by atoms with Gasteiger partial charge in [0.1, 0.15) is 7.14 Å². The Labute approximate surface area is 94.2 Å². The molecule has 1 aliphatic rings. The highest BCUT2D eigenvalue weighted by Gasteiger charge is 2.36. The lowest BCUT2D eigenvalue weighted by Gasteiger charge is -2.19. The highest BCUT2D eigenvalue weighted by atomic mass is 31.2. The molecule has 0 spiro atoms. The van der Waals surface area contributed by atoms with Crippen molar-refractivity contribution in [2.75, 3.05) is 6.16 Å². The van der Waals surface area contributed by atoms with Gasteiger partial charge in [-0.3, -0.25) is 4.79 Å². The molecule has 1 aromatic carbocycles. The molecule has 0 amide bonds. The van der Waals surface area contributed by atoms with Gasteiger partial charge in [0.05, 0.1) is 6.42 Å². The van der Waals surface area contributed by atoms with Gasteiger partial charge in [-0.15, -0.1) is 0 Å². The van der Waals surface area contributed by atoms with E-state index < -0.39 is 13.1 Å². The van der Waals surface area contributed by atoms with Gasteiger partial charge in [-0.05, 0) is 0 Å². The lowest BCUT2D eigenvalue weighted by molar-refractivity contribution is -0.136. The first-order chi connectivity index (χ1) is 7.63. The number of aliphatic carboxylic acids is 1. The molecule has 0 bridgehead atoms. The van der Waals surface area contributed by atoms with E-state index in [9.17, 15) is 9.36 Å². The first-order valence-corrected chi connectivity index (χ1v) is 7.12. The molecular formula is C12H13O3P. The Bertz CT molecular complexity index is 464. The molecule has 1 N–H and O–H groups in total. The molecule has 0 saturated heterocycles. The van der Waals surface area contributed by atoms with Crippen LogP contribution >= 0.6 is 7.14 Å². The Balaban J connectivity index is 2.32. The van der Waals surface area contributed by atoms with Crippen molar-refractivity contribution in [2.24, 2.45) is 0 Å². The third-order valence-electron chi connectivity index (χ3n) is 2.85. The molecule has 2 atom stereocenters. The fourth-order valence-electron chi connectivity index (χ4n) is 2.02. The number of benzene rings is 1. The van der Waals surface area contributed by atoms with Gasteiger partial charge in [-0.1, -0.05) is 42.5 Å². The van der Waals surface area contributed by atoms with E-state index in [0.29, 0.717) is 6.16 Å². The van der Waals surface area contributed by atoms with Crippen LogP contribution in [0.4, 0.5) is 0 Å². The highest BCUT2D eigenvalue weighted by molar-refractivity contribution is 7.73. The van der Waals surface area contributed by atoms with Crippen LogP contribution in [0.5, 0.6) is 0 Å². The van der Waals surface area contributed by atoms with E-state index in [-0.39, 0.29) is 12.1 Å². The van der Waals surface area contributed by atoms with Crippen LogP contribution in [0.15, 0.2) is 42.5 Å². The molecule has 0 aliphatic carbocycles. The molecule has 16 heavy (non-hydrogen) atoms. The predicted molar refractivity (Wildman–Crippen MR) is 63.7 cm³/mol. The van der Waals surface area contributed by atoms with E-state index in [1.807, 2.05) is 36.4 Å². The van der Waals surface area contributed by atoms with Gasteiger partial charge < -0.3 is 9.67 Å². The number of allylic oxidation sites excluding steroid dienone is 2. The van der Waals surface area contributed by atoms with Crippen molar-refractivity contribution in [1.29, 1.82) is 0 Å². The molecule has 1 heterocycles. The summed E-state index contributed by atoms with van der Waals surface area (Å²) >= 11 is 0. The summed E-state index contributed by atoms with van der Waals surface area (Å²) in [6.45, 7) is 0. The van der Waals surface area contributed by atoms with Crippen molar-refractivity contribution < 1.29 is 14.5 Å². The van der Waals surface area contributed by atoms with E-state index >= 15 is 0 Å². The molecule has 2 rings (SSSR count). The molecule has 4 heteroatoms. The van der Waals surface area contributed by atoms with Crippen molar-refractivity contribution in [1.82, 2.24) is 0 Å². The van der Waals surface area contributed by atoms with Crippen LogP contribution < -0.4 is 5.30 Å². The monoisotopic (exact) mass is 236 g/mol. The highest BCUT2D eigenvalue weighted by Crippen LogP contribution is 2.54. The van der Waals surface area contributed by atoms with Gasteiger partial charge in [0.15, 0.2) is 0 Å². The van der Waals surface area contributed by atoms with Crippen molar-refractivity contribution in [3.63, 3.8) is 0 Å². The first kappa shape index (κ1) is 11.2. The minimum absolute atomic E-state index is 0.0529. The zero-order chi connectivity index (χ0) is 11.6. The number of carbonyl (C=O) groups is 1. The summed E-state index contributed by atoms with van der Waals surface area (Å²) in [5.74, 6) is -0.896. The SMILES string of the molecule is O=C(O)C[C@@H]1C=CC[P@@]1(=O)c1ccccc1. The third-order valence-corrected chi connectivity index (χ3v) is 6.20. The number of rotatable bonds is 3. The second-order valence-electron chi connectivity index (χ2n) is 3.91. The molecule has 0 radical (unpaired) electrons. The van der Waals surface area contributed by atoms with Crippen molar-refractivity contribution >= 4 is 18.4 Å². The van der Waals surface area contributed by atoms with Crippen molar-refractivity contribution in [3.05, 3.63) is 42.5 Å². The van der Waals surface area contributed by atoms with Crippen LogP contribution in [0.1, 0.15) is 6.42 Å². The van der Waals surface area contributed by atoms with Gasteiger partial charge in [0, 0.05) is 17.1 Å². The summed E-state index contributed by atoms with van der Waals surface area (Å²) in [4.78, 5) is 10.7. The van der Waals surface area contributed by atoms with Crippen LogP contribution in [0.2, 0.25) is 0 Å². The molecule has 0 fully saturated rings. The fraction of sp³-hybridized carbons (Fsp3) is 0.250. The van der Waals surface area contributed by atoms with Crippen molar-refractivity contribution in [2.45, 2.75) is 12.1 Å². The predicted octanol–water partition coefficient (Wildman–Crippen LogP) is 2.09. The largest absolute Gasteiger partial charge is 0.481 e. The fourth-order valence-corrected chi connectivity index (χ4v) is 4.85. The standard InChI is InChI=1S/C12H13O3P/c13-12(14)9-11-7-4-8-16(11,15)10-5-2-1-3-6-10/h1-7,11H,8-9H2,(H,13,14)/t11-,16+/m0/s1. The summed E-state index contributed by atoms with van der Waals surface area (Å²) in [6.07, 6.45) is 4.04. The smallest absolute Gasteiger partial charge is 0.304 e. The average Bonchev–Trinajstić information content (AvgIpc) is 2.62. The zero-order valence-electron chi connectivity index (χ0n) is 8.74. The molecule has 0 unspecified atom stereocenters. The van der Waals surface area contributed by atoms with Gasteiger partial charge in [0.25, 0.3) is 0 Å². The zero-order valence-corrected chi connectivity index (χ0v) is 9.64. The molecule has 0 saturated carbocycles. The van der Waals surface area contributed by atoms with Crippen molar-refractivity contribution in [3.8, 4) is 0 Å². The van der Waals surface area contributed by atoms with Crippen LogP contribution in [0.3, 0.4) is 0 Å². The summed E-state index contributed by atoms with van der Waals surface area (Å²) < 4.78 is 12.8. The summed E-state index contributed by atoms with van der Waals surface area (Å²) in [5.41, 5.74) is -0.340. The van der Waals surface area contributed by atoms with E-state index in [2.05, 4.69) is 0 Å². The summed E-state index contributed by atoms with van der Waals surface area (Å²) in [5, 5.41) is 9.58. The number of hydrogen-bond acceptors (Lipinski definition) is 2. The normalized spacial score (nSPS) is 28.1. The third kappa shape index (κ3) is 1.96. The number of hydrogen-bond donors (Lipinski definition) is 1. The minimum atomic E-state index is -2.58. The molecule has 1 aliphatic heterocycles. The Morgan fingerprint density at radius 2 is 2.06 bits per heavy atom. The first-order valence-electron chi connectivity index (χ1n) is 5.16.